The van der Waals surface area contributed by atoms with E-state index in [1.165, 1.54) is 5.56 Å². The van der Waals surface area contributed by atoms with Crippen LogP contribution < -0.4 is 0 Å². The fraction of sp³-hybridized carbons (Fsp3) is 0.263. The first-order chi connectivity index (χ1) is 11.1. The zero-order chi connectivity index (χ0) is 16.2. The van der Waals surface area contributed by atoms with Crippen LogP contribution in [-0.4, -0.2) is 33.5 Å². The Kier molecular flexibility index (Phi) is 4.53. The van der Waals surface area contributed by atoms with Crippen molar-refractivity contribution in [2.24, 2.45) is 0 Å². The van der Waals surface area contributed by atoms with Crippen LogP contribution in [0.2, 0.25) is 0 Å². The van der Waals surface area contributed by atoms with Gasteiger partial charge < -0.3 is 9.47 Å². The third-order valence-corrected chi connectivity index (χ3v) is 4.20. The highest BCUT2D eigenvalue weighted by molar-refractivity contribution is 5.56. The first kappa shape index (κ1) is 15.4. The summed E-state index contributed by atoms with van der Waals surface area (Å²) in [5.41, 5.74) is 3.46. The van der Waals surface area contributed by atoms with Crippen LogP contribution in [0, 0.1) is 0 Å². The summed E-state index contributed by atoms with van der Waals surface area (Å²) in [6, 6.07) is 15.0. The summed E-state index contributed by atoms with van der Waals surface area (Å²) in [5.74, 6) is 0.972. The van der Waals surface area contributed by atoms with Crippen molar-refractivity contribution in [2.45, 2.75) is 19.5 Å². The summed E-state index contributed by atoms with van der Waals surface area (Å²) in [6.45, 7) is 2.93. The van der Waals surface area contributed by atoms with Crippen molar-refractivity contribution in [3.05, 3.63) is 72.3 Å². The zero-order valence-electron chi connectivity index (χ0n) is 13.8. The number of benzene rings is 1. The first-order valence-electron chi connectivity index (χ1n) is 7.83. The summed E-state index contributed by atoms with van der Waals surface area (Å²) in [7, 11) is 4.19. The SMILES string of the molecule is C[C@@H](c1ccc(-c2nccn2Cc2ccccn2)cc1)N(C)C. The number of nitrogens with zero attached hydrogens (tertiary/aromatic N) is 4. The molecule has 0 aliphatic rings. The van der Waals surface area contributed by atoms with Gasteiger partial charge >= 0.3 is 0 Å². The molecule has 0 saturated carbocycles. The van der Waals surface area contributed by atoms with E-state index >= 15 is 0 Å². The van der Waals surface area contributed by atoms with Gasteiger partial charge in [0.1, 0.15) is 5.82 Å². The van der Waals surface area contributed by atoms with Crippen LogP contribution in [0.25, 0.3) is 11.4 Å². The Morgan fingerprint density at radius 2 is 1.78 bits per heavy atom. The topological polar surface area (TPSA) is 34.0 Å². The number of rotatable bonds is 5. The lowest BCUT2D eigenvalue weighted by atomic mass is 10.1. The quantitative estimate of drug-likeness (QED) is 0.722. The van der Waals surface area contributed by atoms with Crippen molar-refractivity contribution in [1.29, 1.82) is 0 Å². The van der Waals surface area contributed by atoms with Crippen LogP contribution in [0.4, 0.5) is 0 Å². The van der Waals surface area contributed by atoms with Crippen LogP contribution in [0.1, 0.15) is 24.2 Å². The van der Waals surface area contributed by atoms with Gasteiger partial charge in [0.2, 0.25) is 0 Å². The molecule has 0 N–H and O–H groups in total. The minimum atomic E-state index is 0.400. The van der Waals surface area contributed by atoms with Crippen molar-refractivity contribution < 1.29 is 0 Å². The maximum atomic E-state index is 4.52. The maximum Gasteiger partial charge on any atom is 0.140 e. The van der Waals surface area contributed by atoms with E-state index in [9.17, 15) is 0 Å². The Labute approximate surface area is 137 Å². The van der Waals surface area contributed by atoms with E-state index in [4.69, 9.17) is 0 Å². The van der Waals surface area contributed by atoms with Crippen LogP contribution in [-0.2, 0) is 6.54 Å². The summed E-state index contributed by atoms with van der Waals surface area (Å²) in [4.78, 5) is 11.1. The van der Waals surface area contributed by atoms with E-state index in [1.54, 1.807) is 0 Å². The molecule has 23 heavy (non-hydrogen) atoms. The zero-order valence-corrected chi connectivity index (χ0v) is 13.8. The average molecular weight is 306 g/mol. The molecular weight excluding hydrogens is 284 g/mol. The molecule has 2 heterocycles. The average Bonchev–Trinajstić information content (AvgIpc) is 3.03. The molecule has 0 amide bonds. The smallest absolute Gasteiger partial charge is 0.140 e. The van der Waals surface area contributed by atoms with Gasteiger partial charge in [-0.25, -0.2) is 4.98 Å². The normalized spacial score (nSPS) is 12.5. The Morgan fingerprint density at radius 1 is 1.00 bits per heavy atom. The molecule has 0 aliphatic heterocycles. The Morgan fingerprint density at radius 3 is 2.43 bits per heavy atom. The first-order valence-corrected chi connectivity index (χ1v) is 7.83. The molecule has 2 aromatic heterocycles. The van der Waals surface area contributed by atoms with Gasteiger partial charge in [-0.15, -0.1) is 0 Å². The largest absolute Gasteiger partial charge is 0.325 e. The molecule has 0 bridgehead atoms. The van der Waals surface area contributed by atoms with E-state index in [-0.39, 0.29) is 0 Å². The Hall–Kier alpha value is -2.46. The van der Waals surface area contributed by atoms with Crippen molar-refractivity contribution in [3.63, 3.8) is 0 Å². The van der Waals surface area contributed by atoms with Gasteiger partial charge in [-0.3, -0.25) is 4.98 Å². The van der Waals surface area contributed by atoms with Gasteiger partial charge in [0.25, 0.3) is 0 Å². The number of pyridine rings is 1. The maximum absolute atomic E-state index is 4.52. The molecule has 4 heteroatoms. The second-order valence-corrected chi connectivity index (χ2v) is 5.96. The number of aromatic nitrogens is 3. The van der Waals surface area contributed by atoms with Gasteiger partial charge in [-0.1, -0.05) is 30.3 Å². The predicted molar refractivity (Wildman–Crippen MR) is 93.1 cm³/mol. The molecular formula is C19H22N4. The summed E-state index contributed by atoms with van der Waals surface area (Å²) >= 11 is 0. The molecule has 0 unspecified atom stereocenters. The van der Waals surface area contributed by atoms with E-state index in [0.29, 0.717) is 6.04 Å². The molecule has 3 rings (SSSR count). The Bertz CT molecular complexity index is 745. The fourth-order valence-corrected chi connectivity index (χ4v) is 2.57. The van der Waals surface area contributed by atoms with Crippen molar-refractivity contribution in [3.8, 4) is 11.4 Å². The third-order valence-electron chi connectivity index (χ3n) is 4.20. The second-order valence-electron chi connectivity index (χ2n) is 5.96. The summed E-state index contributed by atoms with van der Waals surface area (Å²) < 4.78 is 2.13. The van der Waals surface area contributed by atoms with Gasteiger partial charge in [0.15, 0.2) is 0 Å². The second kappa shape index (κ2) is 6.75. The molecule has 118 valence electrons. The number of imidazole rings is 1. The van der Waals surface area contributed by atoms with E-state index in [2.05, 4.69) is 64.7 Å². The molecule has 0 spiro atoms. The van der Waals surface area contributed by atoms with Gasteiger partial charge in [0.05, 0.1) is 12.2 Å². The predicted octanol–water partition coefficient (Wildman–Crippen LogP) is 3.62. The Balaban J connectivity index is 1.84. The van der Waals surface area contributed by atoms with Gasteiger partial charge in [-0.05, 0) is 38.7 Å². The molecule has 0 aliphatic carbocycles. The lowest BCUT2D eigenvalue weighted by Gasteiger charge is -2.20. The van der Waals surface area contributed by atoms with Crippen molar-refractivity contribution in [2.75, 3.05) is 14.1 Å². The highest BCUT2D eigenvalue weighted by Gasteiger charge is 2.10. The lowest BCUT2D eigenvalue weighted by molar-refractivity contribution is 0.321. The van der Waals surface area contributed by atoms with E-state index < -0.39 is 0 Å². The number of hydrogen-bond donors (Lipinski definition) is 0. The van der Waals surface area contributed by atoms with Crippen LogP contribution in [0.3, 0.4) is 0 Å². The summed E-state index contributed by atoms with van der Waals surface area (Å²) in [6.07, 6.45) is 5.67. The lowest BCUT2D eigenvalue weighted by Crippen LogP contribution is -2.16. The number of hydrogen-bond acceptors (Lipinski definition) is 3. The molecule has 3 aromatic rings. The van der Waals surface area contributed by atoms with E-state index in [1.807, 2.05) is 36.8 Å². The highest BCUT2D eigenvalue weighted by Crippen LogP contribution is 2.23. The molecule has 0 saturated heterocycles. The third kappa shape index (κ3) is 3.48. The van der Waals surface area contributed by atoms with Crippen LogP contribution in [0.15, 0.2) is 61.1 Å². The van der Waals surface area contributed by atoms with Gasteiger partial charge in [0, 0.05) is 30.2 Å². The minimum Gasteiger partial charge on any atom is -0.325 e. The summed E-state index contributed by atoms with van der Waals surface area (Å²) in [5, 5.41) is 0. The van der Waals surface area contributed by atoms with Crippen LogP contribution in [0.5, 0.6) is 0 Å². The van der Waals surface area contributed by atoms with Crippen LogP contribution >= 0.6 is 0 Å². The molecule has 1 aromatic carbocycles. The minimum absolute atomic E-state index is 0.400. The molecule has 0 radical (unpaired) electrons. The highest BCUT2D eigenvalue weighted by atomic mass is 15.1. The van der Waals surface area contributed by atoms with Crippen molar-refractivity contribution in [1.82, 2.24) is 19.4 Å². The van der Waals surface area contributed by atoms with Gasteiger partial charge in [-0.2, -0.15) is 0 Å². The standard InChI is InChI=1S/C19H22N4/c1-15(22(2)3)16-7-9-17(10-8-16)19-21-12-13-23(19)14-18-6-4-5-11-20-18/h4-13,15H,14H2,1-3H3/t15-/m0/s1. The van der Waals surface area contributed by atoms with E-state index in [0.717, 1.165) is 23.6 Å². The monoisotopic (exact) mass is 306 g/mol. The molecule has 1 atom stereocenters. The molecule has 0 fully saturated rings. The fourth-order valence-electron chi connectivity index (χ4n) is 2.57. The molecule has 4 nitrogen and oxygen atoms in total. The van der Waals surface area contributed by atoms with Crippen molar-refractivity contribution >= 4 is 0 Å².